The largest absolute Gasteiger partial charge is 0.294 e. The normalized spacial score (nSPS) is 46.2. The maximum atomic E-state index is 13.3. The van der Waals surface area contributed by atoms with Crippen LogP contribution in [0.4, 0.5) is 0 Å². The molecule has 1 aromatic rings. The smallest absolute Gasteiger partial charge is 0.168 e. The molecule has 2 nitrogen and oxygen atoms in total. The van der Waals surface area contributed by atoms with Gasteiger partial charge in [0.25, 0.3) is 0 Å². The summed E-state index contributed by atoms with van der Waals surface area (Å²) < 4.78 is 0. The van der Waals surface area contributed by atoms with Crippen LogP contribution >= 0.6 is 0 Å². The van der Waals surface area contributed by atoms with Crippen molar-refractivity contribution in [2.45, 2.75) is 71.6 Å². The summed E-state index contributed by atoms with van der Waals surface area (Å²) in [4.78, 5) is 17.5. The molecule has 0 amide bonds. The van der Waals surface area contributed by atoms with Crippen molar-refractivity contribution >= 4 is 5.78 Å². The van der Waals surface area contributed by atoms with Gasteiger partial charge in [-0.05, 0) is 104 Å². The van der Waals surface area contributed by atoms with E-state index in [9.17, 15) is 4.79 Å². The molecule has 8 unspecified atom stereocenters. The first kappa shape index (κ1) is 17.9. The van der Waals surface area contributed by atoms with Gasteiger partial charge in [-0.25, -0.2) is 0 Å². The zero-order valence-electron chi connectivity index (χ0n) is 17.1. The Morgan fingerprint density at radius 1 is 1.04 bits per heavy atom. The third-order valence-electron chi connectivity index (χ3n) is 9.48. The van der Waals surface area contributed by atoms with E-state index in [0.29, 0.717) is 5.78 Å². The number of aromatic nitrogens is 1. The third kappa shape index (κ3) is 2.81. The van der Waals surface area contributed by atoms with Gasteiger partial charge in [-0.2, -0.15) is 0 Å². The number of Topliss-reactive ketones (excluding diaryl/α,β-unsaturated/α-hetero) is 1. The number of carbonyl (C=O) groups is 1. The molecule has 2 heteroatoms. The number of fused-ring (bicyclic) bond motifs is 5. The van der Waals surface area contributed by atoms with Crippen LogP contribution in [0.25, 0.3) is 0 Å². The second-order valence-corrected chi connectivity index (χ2v) is 10.6. The summed E-state index contributed by atoms with van der Waals surface area (Å²) >= 11 is 0. The Bertz CT molecular complexity index is 700. The highest BCUT2D eigenvalue weighted by atomic mass is 16.1. The fourth-order valence-corrected chi connectivity index (χ4v) is 8.23. The molecule has 0 radical (unpaired) electrons. The lowest BCUT2D eigenvalue weighted by atomic mass is 9.49. The van der Waals surface area contributed by atoms with E-state index in [1.807, 2.05) is 12.1 Å². The molecule has 0 aromatic carbocycles. The van der Waals surface area contributed by atoms with Crippen molar-refractivity contribution < 1.29 is 4.79 Å². The van der Waals surface area contributed by atoms with Crippen LogP contribution in [0.5, 0.6) is 0 Å². The number of pyridine rings is 1. The number of nitrogens with zero attached hydrogens (tertiary/aromatic N) is 1. The van der Waals surface area contributed by atoms with E-state index in [1.165, 1.54) is 51.4 Å². The standard InChI is InChI=1S/C25H35NO/c1-16-5-7-19-17(14-16)6-8-21-20(19)11-12-25(2)22(21)9-10-23(25)24(27)18-4-3-13-26-15-18/h3-4,13,15-17,19-23H,5-12,14H2,1-2H3. The van der Waals surface area contributed by atoms with Crippen molar-refractivity contribution in [2.75, 3.05) is 0 Å². The maximum absolute atomic E-state index is 13.3. The zero-order chi connectivity index (χ0) is 18.6. The van der Waals surface area contributed by atoms with Gasteiger partial charge in [0, 0.05) is 23.9 Å². The zero-order valence-corrected chi connectivity index (χ0v) is 17.1. The van der Waals surface area contributed by atoms with Crippen molar-refractivity contribution in [3.05, 3.63) is 30.1 Å². The second kappa shape index (κ2) is 6.71. The monoisotopic (exact) mass is 365 g/mol. The molecule has 0 spiro atoms. The molecule has 0 saturated heterocycles. The van der Waals surface area contributed by atoms with Crippen LogP contribution in [0, 0.1) is 46.8 Å². The van der Waals surface area contributed by atoms with Crippen molar-refractivity contribution in [2.24, 2.45) is 46.8 Å². The van der Waals surface area contributed by atoms with E-state index in [2.05, 4.69) is 18.8 Å². The minimum absolute atomic E-state index is 0.219. The number of hydrogen-bond donors (Lipinski definition) is 0. The lowest BCUT2D eigenvalue weighted by molar-refractivity contribution is -0.0634. The molecule has 0 aliphatic heterocycles. The van der Waals surface area contributed by atoms with E-state index in [-0.39, 0.29) is 11.3 Å². The molecule has 1 aromatic heterocycles. The predicted molar refractivity (Wildman–Crippen MR) is 108 cm³/mol. The summed E-state index contributed by atoms with van der Waals surface area (Å²) in [5, 5.41) is 0. The Labute approximate surface area is 164 Å². The summed E-state index contributed by atoms with van der Waals surface area (Å²) in [6.07, 6.45) is 15.9. The SMILES string of the molecule is CC1CCC2C(CCC3C2CCC2(C)C(C(=O)c4cccnc4)CCC32)C1. The fourth-order valence-electron chi connectivity index (χ4n) is 8.23. The van der Waals surface area contributed by atoms with E-state index < -0.39 is 0 Å². The molecule has 5 rings (SSSR count). The summed E-state index contributed by atoms with van der Waals surface area (Å²) in [6.45, 7) is 4.93. The molecular weight excluding hydrogens is 330 g/mol. The fraction of sp³-hybridized carbons (Fsp3) is 0.760. The predicted octanol–water partition coefficient (Wildman–Crippen LogP) is 6.17. The third-order valence-corrected chi connectivity index (χ3v) is 9.48. The lowest BCUT2D eigenvalue weighted by Gasteiger charge is -2.56. The summed E-state index contributed by atoms with van der Waals surface area (Å²) in [5.74, 6) is 6.17. The molecule has 1 heterocycles. The van der Waals surface area contributed by atoms with Crippen molar-refractivity contribution in [1.82, 2.24) is 4.98 Å². The van der Waals surface area contributed by atoms with Gasteiger partial charge < -0.3 is 0 Å². The summed E-state index contributed by atoms with van der Waals surface area (Å²) in [5.41, 5.74) is 1.06. The Hall–Kier alpha value is -1.18. The van der Waals surface area contributed by atoms with E-state index >= 15 is 0 Å². The Kier molecular flexibility index (Phi) is 4.44. The van der Waals surface area contributed by atoms with Crippen LogP contribution in [-0.2, 0) is 0 Å². The van der Waals surface area contributed by atoms with Gasteiger partial charge in [0.05, 0.1) is 0 Å². The van der Waals surface area contributed by atoms with Gasteiger partial charge in [0.15, 0.2) is 5.78 Å². The Balaban J connectivity index is 1.37. The molecule has 0 bridgehead atoms. The highest BCUT2D eigenvalue weighted by molar-refractivity contribution is 5.98. The van der Waals surface area contributed by atoms with E-state index in [1.54, 1.807) is 12.4 Å². The first-order valence-corrected chi connectivity index (χ1v) is 11.5. The van der Waals surface area contributed by atoms with Crippen molar-refractivity contribution in [3.63, 3.8) is 0 Å². The Morgan fingerprint density at radius 3 is 2.70 bits per heavy atom. The first-order chi connectivity index (χ1) is 13.1. The number of hydrogen-bond acceptors (Lipinski definition) is 2. The average molecular weight is 366 g/mol. The highest BCUT2D eigenvalue weighted by Crippen LogP contribution is 2.64. The number of ketones is 1. The molecule has 0 N–H and O–H groups in total. The maximum Gasteiger partial charge on any atom is 0.168 e. The quantitative estimate of drug-likeness (QED) is 0.587. The van der Waals surface area contributed by atoms with Crippen molar-refractivity contribution in [1.29, 1.82) is 0 Å². The van der Waals surface area contributed by atoms with Gasteiger partial charge in [-0.3, -0.25) is 9.78 Å². The summed E-state index contributed by atoms with van der Waals surface area (Å²) in [7, 11) is 0. The first-order valence-electron chi connectivity index (χ1n) is 11.5. The number of rotatable bonds is 2. The molecule has 27 heavy (non-hydrogen) atoms. The molecule has 4 aliphatic carbocycles. The lowest BCUT2D eigenvalue weighted by Crippen LogP contribution is -2.49. The average Bonchev–Trinajstić information content (AvgIpc) is 3.05. The van der Waals surface area contributed by atoms with Crippen LogP contribution in [0.1, 0.15) is 82.0 Å². The minimum atomic E-state index is 0.219. The van der Waals surface area contributed by atoms with Gasteiger partial charge in [0.1, 0.15) is 0 Å². The van der Waals surface area contributed by atoms with Gasteiger partial charge in [-0.1, -0.05) is 20.3 Å². The molecular formula is C25H35NO. The van der Waals surface area contributed by atoms with Crippen LogP contribution in [-0.4, -0.2) is 10.8 Å². The molecule has 146 valence electrons. The van der Waals surface area contributed by atoms with E-state index in [0.717, 1.165) is 47.5 Å². The topological polar surface area (TPSA) is 30.0 Å². The molecule has 4 saturated carbocycles. The minimum Gasteiger partial charge on any atom is -0.294 e. The van der Waals surface area contributed by atoms with Crippen molar-refractivity contribution in [3.8, 4) is 0 Å². The molecule has 8 atom stereocenters. The molecule has 4 aliphatic rings. The van der Waals surface area contributed by atoms with Crippen LogP contribution in [0.3, 0.4) is 0 Å². The summed E-state index contributed by atoms with van der Waals surface area (Å²) in [6, 6.07) is 3.87. The highest BCUT2D eigenvalue weighted by Gasteiger charge is 2.58. The Morgan fingerprint density at radius 2 is 1.89 bits per heavy atom. The van der Waals surface area contributed by atoms with Crippen LogP contribution in [0.15, 0.2) is 24.5 Å². The van der Waals surface area contributed by atoms with Gasteiger partial charge in [0.2, 0.25) is 0 Å². The molecule has 4 fully saturated rings. The van der Waals surface area contributed by atoms with E-state index in [4.69, 9.17) is 0 Å². The van der Waals surface area contributed by atoms with Crippen LogP contribution < -0.4 is 0 Å². The van der Waals surface area contributed by atoms with Gasteiger partial charge in [-0.15, -0.1) is 0 Å². The van der Waals surface area contributed by atoms with Crippen LogP contribution in [0.2, 0.25) is 0 Å². The number of carbonyl (C=O) groups excluding carboxylic acids is 1. The van der Waals surface area contributed by atoms with Gasteiger partial charge >= 0.3 is 0 Å². The second-order valence-electron chi connectivity index (χ2n) is 10.6.